The first kappa shape index (κ1) is 26.3. The molecule has 1 heteroatoms. The fourth-order valence-electron chi connectivity index (χ4n) is 6.97. The highest BCUT2D eigenvalue weighted by molar-refractivity contribution is 5.77. The van der Waals surface area contributed by atoms with Crippen molar-refractivity contribution in [1.29, 1.82) is 0 Å². The van der Waals surface area contributed by atoms with Gasteiger partial charge in [-0.15, -0.1) is 0 Å². The van der Waals surface area contributed by atoms with Gasteiger partial charge in [-0.05, 0) is 97.8 Å². The second-order valence-electron chi connectivity index (χ2n) is 11.9. The van der Waals surface area contributed by atoms with Crippen molar-refractivity contribution in [2.75, 3.05) is 5.73 Å². The number of unbranched alkanes of at least 4 members (excludes halogenated alkanes) is 4. The molecule has 0 bridgehead atoms. The van der Waals surface area contributed by atoms with E-state index in [1.807, 2.05) is 0 Å². The molecule has 0 aliphatic heterocycles. The molecule has 2 N–H and O–H groups in total. The van der Waals surface area contributed by atoms with Gasteiger partial charge in [0.1, 0.15) is 0 Å². The molecule has 1 nitrogen and oxygen atoms in total. The number of anilines is 1. The summed E-state index contributed by atoms with van der Waals surface area (Å²) in [6.45, 7) is 4.61. The lowest BCUT2D eigenvalue weighted by Gasteiger charge is -2.29. The molecule has 0 aromatic heterocycles. The van der Waals surface area contributed by atoms with Crippen LogP contribution >= 0.6 is 0 Å². The summed E-state index contributed by atoms with van der Waals surface area (Å²) in [6, 6.07) is 16.3. The largest absolute Gasteiger partial charge is 0.398 e. The third-order valence-electron chi connectivity index (χ3n) is 9.37. The Labute approximate surface area is 216 Å². The van der Waals surface area contributed by atoms with Crippen molar-refractivity contribution < 1.29 is 0 Å². The zero-order chi connectivity index (χ0) is 24.5. The first-order valence-electron chi connectivity index (χ1n) is 15.2. The number of rotatable bonds is 11. The minimum Gasteiger partial charge on any atom is -0.398 e. The topological polar surface area (TPSA) is 26.0 Å². The Morgan fingerprint density at radius 3 is 1.57 bits per heavy atom. The zero-order valence-electron chi connectivity index (χ0n) is 22.7. The SMILES string of the molecule is CCCCCC1CCC(c2ccc(-c3ccc(C4CCC(CCCCC)CC4)cc3N)cc2)CC1. The Balaban J connectivity index is 1.30. The van der Waals surface area contributed by atoms with Gasteiger partial charge in [0.15, 0.2) is 0 Å². The molecule has 4 rings (SSSR count). The van der Waals surface area contributed by atoms with Gasteiger partial charge in [0.25, 0.3) is 0 Å². The zero-order valence-corrected chi connectivity index (χ0v) is 22.7. The molecule has 2 aliphatic rings. The first-order valence-corrected chi connectivity index (χ1v) is 15.2. The van der Waals surface area contributed by atoms with Crippen LogP contribution < -0.4 is 5.73 Å². The quantitative estimate of drug-likeness (QED) is 0.255. The molecule has 192 valence electrons. The van der Waals surface area contributed by atoms with Crippen LogP contribution in [0.1, 0.15) is 140 Å². The fraction of sp³-hybridized carbons (Fsp3) is 0.647. The molecular weight excluding hydrogens is 422 g/mol. The summed E-state index contributed by atoms with van der Waals surface area (Å²) < 4.78 is 0. The second-order valence-corrected chi connectivity index (χ2v) is 11.9. The lowest BCUT2D eigenvalue weighted by atomic mass is 9.76. The standard InChI is InChI=1S/C34H51N/c1-3-5-7-9-26-11-15-28(16-12-26)29-19-21-31(22-20-29)33-24-23-32(25-34(33)35)30-17-13-27(14-18-30)10-8-6-4-2/h19-28,30H,3-18,35H2,1-2H3. The van der Waals surface area contributed by atoms with Crippen LogP contribution in [-0.2, 0) is 0 Å². The summed E-state index contributed by atoms with van der Waals surface area (Å²) in [6.07, 6.45) is 22.3. The van der Waals surface area contributed by atoms with E-state index in [1.165, 1.54) is 125 Å². The summed E-state index contributed by atoms with van der Waals surface area (Å²) in [4.78, 5) is 0. The Bertz CT molecular complexity index is 866. The second kappa shape index (κ2) is 13.5. The maximum atomic E-state index is 6.61. The number of benzene rings is 2. The molecule has 0 unspecified atom stereocenters. The molecule has 2 aromatic rings. The van der Waals surface area contributed by atoms with Crippen LogP contribution in [0.5, 0.6) is 0 Å². The van der Waals surface area contributed by atoms with E-state index in [-0.39, 0.29) is 0 Å². The van der Waals surface area contributed by atoms with E-state index in [2.05, 4.69) is 56.3 Å². The fourth-order valence-corrected chi connectivity index (χ4v) is 6.97. The highest BCUT2D eigenvalue weighted by atomic mass is 14.6. The van der Waals surface area contributed by atoms with Gasteiger partial charge in [0, 0.05) is 11.3 Å². The van der Waals surface area contributed by atoms with Crippen LogP contribution in [0, 0.1) is 11.8 Å². The van der Waals surface area contributed by atoms with E-state index < -0.39 is 0 Å². The van der Waals surface area contributed by atoms with Gasteiger partial charge in [-0.3, -0.25) is 0 Å². The number of hydrogen-bond acceptors (Lipinski definition) is 1. The van der Waals surface area contributed by atoms with Gasteiger partial charge in [-0.2, -0.15) is 0 Å². The number of nitrogen functional groups attached to an aromatic ring is 1. The minimum absolute atomic E-state index is 0.702. The van der Waals surface area contributed by atoms with Crippen LogP contribution in [0.4, 0.5) is 5.69 Å². The molecule has 2 saturated carbocycles. The van der Waals surface area contributed by atoms with Crippen LogP contribution in [0.3, 0.4) is 0 Å². The molecule has 0 radical (unpaired) electrons. The van der Waals surface area contributed by atoms with Crippen LogP contribution in [-0.4, -0.2) is 0 Å². The predicted octanol–water partition coefficient (Wildman–Crippen LogP) is 10.6. The molecule has 2 fully saturated rings. The van der Waals surface area contributed by atoms with Crippen molar-refractivity contribution >= 4 is 5.69 Å². The lowest BCUT2D eigenvalue weighted by molar-refractivity contribution is 0.303. The molecule has 0 heterocycles. The highest BCUT2D eigenvalue weighted by Crippen LogP contribution is 2.41. The molecule has 0 amide bonds. The molecular formula is C34H51N. The van der Waals surface area contributed by atoms with Gasteiger partial charge in [0.05, 0.1) is 0 Å². The van der Waals surface area contributed by atoms with Crippen LogP contribution in [0.15, 0.2) is 42.5 Å². The van der Waals surface area contributed by atoms with E-state index >= 15 is 0 Å². The van der Waals surface area contributed by atoms with Crippen molar-refractivity contribution in [2.24, 2.45) is 11.8 Å². The maximum absolute atomic E-state index is 6.61. The van der Waals surface area contributed by atoms with E-state index in [9.17, 15) is 0 Å². The van der Waals surface area contributed by atoms with Crippen molar-refractivity contribution in [3.63, 3.8) is 0 Å². The number of nitrogens with two attached hydrogens (primary N) is 1. The van der Waals surface area contributed by atoms with Gasteiger partial charge >= 0.3 is 0 Å². The van der Waals surface area contributed by atoms with E-state index in [0.717, 1.165) is 23.4 Å². The first-order chi connectivity index (χ1) is 17.2. The van der Waals surface area contributed by atoms with E-state index in [0.29, 0.717) is 5.92 Å². The van der Waals surface area contributed by atoms with Crippen LogP contribution in [0.2, 0.25) is 0 Å². The summed E-state index contributed by atoms with van der Waals surface area (Å²) >= 11 is 0. The maximum Gasteiger partial charge on any atom is 0.0396 e. The minimum atomic E-state index is 0.702. The third-order valence-corrected chi connectivity index (χ3v) is 9.37. The summed E-state index contributed by atoms with van der Waals surface area (Å²) in [5.41, 5.74) is 13.0. The molecule has 2 aromatic carbocycles. The van der Waals surface area contributed by atoms with Crippen molar-refractivity contribution in [1.82, 2.24) is 0 Å². The Hall–Kier alpha value is -1.76. The summed E-state index contributed by atoms with van der Waals surface area (Å²) in [5, 5.41) is 0. The van der Waals surface area contributed by atoms with E-state index in [1.54, 1.807) is 0 Å². The van der Waals surface area contributed by atoms with Crippen molar-refractivity contribution in [3.05, 3.63) is 53.6 Å². The van der Waals surface area contributed by atoms with Crippen molar-refractivity contribution in [2.45, 2.75) is 128 Å². The summed E-state index contributed by atoms with van der Waals surface area (Å²) in [5.74, 6) is 3.40. The molecule has 0 spiro atoms. The lowest BCUT2D eigenvalue weighted by Crippen LogP contribution is -2.13. The summed E-state index contributed by atoms with van der Waals surface area (Å²) in [7, 11) is 0. The molecule has 2 aliphatic carbocycles. The molecule has 0 atom stereocenters. The normalized spacial score (nSPS) is 25.0. The Morgan fingerprint density at radius 1 is 0.600 bits per heavy atom. The monoisotopic (exact) mass is 473 g/mol. The average molecular weight is 474 g/mol. The van der Waals surface area contributed by atoms with Crippen molar-refractivity contribution in [3.8, 4) is 11.1 Å². The van der Waals surface area contributed by atoms with Gasteiger partial charge in [0.2, 0.25) is 0 Å². The molecule has 0 saturated heterocycles. The average Bonchev–Trinajstić information content (AvgIpc) is 2.90. The highest BCUT2D eigenvalue weighted by Gasteiger charge is 2.24. The predicted molar refractivity (Wildman–Crippen MR) is 154 cm³/mol. The third kappa shape index (κ3) is 7.37. The van der Waals surface area contributed by atoms with Gasteiger partial charge in [-0.25, -0.2) is 0 Å². The number of hydrogen-bond donors (Lipinski definition) is 1. The molecule has 35 heavy (non-hydrogen) atoms. The Kier molecular flexibility index (Phi) is 10.2. The van der Waals surface area contributed by atoms with Gasteiger partial charge in [-0.1, -0.05) is 102 Å². The van der Waals surface area contributed by atoms with Gasteiger partial charge < -0.3 is 5.73 Å². The van der Waals surface area contributed by atoms with E-state index in [4.69, 9.17) is 5.73 Å². The Morgan fingerprint density at radius 2 is 1.09 bits per heavy atom. The smallest absolute Gasteiger partial charge is 0.0396 e. The van der Waals surface area contributed by atoms with Crippen LogP contribution in [0.25, 0.3) is 11.1 Å².